The van der Waals surface area contributed by atoms with Crippen molar-refractivity contribution >= 4 is 23.6 Å². The van der Waals surface area contributed by atoms with Gasteiger partial charge in [0.2, 0.25) is 0 Å². The molecule has 0 saturated heterocycles. The summed E-state index contributed by atoms with van der Waals surface area (Å²) in [4.78, 5) is 27.2. The third-order valence-corrected chi connectivity index (χ3v) is 8.25. The van der Waals surface area contributed by atoms with Gasteiger partial charge in [0.05, 0.1) is 6.04 Å². The number of rotatable bonds is 11. The zero-order chi connectivity index (χ0) is 31.1. The highest BCUT2D eigenvalue weighted by Crippen LogP contribution is 2.30. The van der Waals surface area contributed by atoms with E-state index >= 15 is 0 Å². The minimum atomic E-state index is -0.205. The Morgan fingerprint density at radius 1 is 0.818 bits per heavy atom. The number of aldehydes is 1. The van der Waals surface area contributed by atoms with Gasteiger partial charge in [-0.05, 0) is 99.8 Å². The number of carbonyl (C=O) groups is 2. The molecule has 1 fully saturated rings. The molecule has 1 aliphatic carbocycles. The van der Waals surface area contributed by atoms with Crippen molar-refractivity contribution < 1.29 is 9.59 Å². The Morgan fingerprint density at radius 2 is 1.41 bits per heavy atom. The fourth-order valence-electron chi connectivity index (χ4n) is 5.80. The lowest BCUT2D eigenvalue weighted by atomic mass is 9.89. The second kappa shape index (κ2) is 17.1. The van der Waals surface area contributed by atoms with E-state index in [-0.39, 0.29) is 11.9 Å². The zero-order valence-corrected chi connectivity index (χ0v) is 26.2. The van der Waals surface area contributed by atoms with Gasteiger partial charge in [-0.25, -0.2) is 0 Å². The van der Waals surface area contributed by atoms with Gasteiger partial charge in [0.15, 0.2) is 0 Å². The Labute approximate surface area is 262 Å². The molecule has 6 nitrogen and oxygen atoms in total. The molecule has 1 unspecified atom stereocenters. The van der Waals surface area contributed by atoms with E-state index in [1.165, 1.54) is 6.42 Å². The molecule has 0 bridgehead atoms. The van der Waals surface area contributed by atoms with Gasteiger partial charge in [0.1, 0.15) is 6.29 Å². The molecular formula is C38H46N4O2. The van der Waals surface area contributed by atoms with Gasteiger partial charge in [-0.15, -0.1) is 0 Å². The summed E-state index contributed by atoms with van der Waals surface area (Å²) in [6, 6.07) is 36.1. The van der Waals surface area contributed by atoms with Crippen molar-refractivity contribution in [3.63, 3.8) is 0 Å². The Bertz CT molecular complexity index is 1420. The first kappa shape index (κ1) is 32.6. The first-order chi connectivity index (χ1) is 21.5. The molecule has 0 radical (unpaired) electrons. The number of benzene rings is 4. The quantitative estimate of drug-likeness (QED) is 0.155. The maximum Gasteiger partial charge on any atom is 0.256 e. The molecule has 0 spiro atoms. The van der Waals surface area contributed by atoms with Gasteiger partial charge in [-0.1, -0.05) is 85.8 Å². The van der Waals surface area contributed by atoms with Crippen LogP contribution in [0, 0.1) is 0 Å². The monoisotopic (exact) mass is 590 g/mol. The Hall–Kier alpha value is -4.26. The number of nitrogens with zero attached hydrogens (tertiary/aromatic N) is 1. The largest absolute Gasteiger partial charge is 0.382 e. The van der Waals surface area contributed by atoms with Crippen LogP contribution in [0.3, 0.4) is 0 Å². The van der Waals surface area contributed by atoms with E-state index in [0.29, 0.717) is 17.6 Å². The summed E-state index contributed by atoms with van der Waals surface area (Å²) < 4.78 is 0. The molecule has 1 saturated carbocycles. The fourth-order valence-corrected chi connectivity index (χ4v) is 5.80. The van der Waals surface area contributed by atoms with Gasteiger partial charge < -0.3 is 20.7 Å². The highest BCUT2D eigenvalue weighted by molar-refractivity contribution is 6.08. The summed E-state index contributed by atoms with van der Waals surface area (Å²) in [5.41, 5.74) is 5.44. The molecule has 230 valence electrons. The van der Waals surface area contributed by atoms with Crippen molar-refractivity contribution in [2.75, 3.05) is 31.3 Å². The van der Waals surface area contributed by atoms with Crippen LogP contribution in [0.1, 0.15) is 61.0 Å². The van der Waals surface area contributed by atoms with Crippen molar-refractivity contribution in [3.8, 4) is 11.1 Å². The maximum absolute atomic E-state index is 13.1. The summed E-state index contributed by atoms with van der Waals surface area (Å²) in [7, 11) is 4.03. The number of nitrogens with one attached hydrogen (secondary N) is 3. The summed E-state index contributed by atoms with van der Waals surface area (Å²) in [6.07, 6.45) is 6.46. The lowest BCUT2D eigenvalue weighted by Crippen LogP contribution is -2.40. The molecule has 3 N–H and O–H groups in total. The molecule has 4 aromatic carbocycles. The summed E-state index contributed by atoms with van der Waals surface area (Å²) in [6.45, 7) is 3.29. The van der Waals surface area contributed by atoms with Crippen LogP contribution in [-0.4, -0.2) is 49.8 Å². The molecule has 6 heteroatoms. The SMILES string of the molecule is CCCNC.CN(C1CCC(Nc2ccc(NC(=O)c3ccccc3-c3ccccc3)cc2)CC1)C(C=O)c1ccccc1. The van der Waals surface area contributed by atoms with E-state index in [1.807, 2.05) is 116 Å². The maximum atomic E-state index is 13.1. The molecule has 0 heterocycles. The lowest BCUT2D eigenvalue weighted by Gasteiger charge is -2.38. The van der Waals surface area contributed by atoms with Crippen molar-refractivity contribution in [1.82, 2.24) is 10.2 Å². The topological polar surface area (TPSA) is 73.5 Å². The van der Waals surface area contributed by atoms with Crippen LogP contribution in [0.5, 0.6) is 0 Å². The van der Waals surface area contributed by atoms with Gasteiger partial charge in [0, 0.05) is 29.0 Å². The molecular weight excluding hydrogens is 544 g/mol. The first-order valence-electron chi connectivity index (χ1n) is 15.7. The number of amides is 1. The predicted octanol–water partition coefficient (Wildman–Crippen LogP) is 7.82. The fraction of sp³-hybridized carbons (Fsp3) is 0.316. The Morgan fingerprint density at radius 3 is 2.00 bits per heavy atom. The predicted molar refractivity (Wildman–Crippen MR) is 183 cm³/mol. The highest BCUT2D eigenvalue weighted by atomic mass is 16.1. The highest BCUT2D eigenvalue weighted by Gasteiger charge is 2.28. The van der Waals surface area contributed by atoms with Crippen molar-refractivity contribution in [2.24, 2.45) is 0 Å². The molecule has 5 rings (SSSR count). The van der Waals surface area contributed by atoms with Crippen LogP contribution in [-0.2, 0) is 4.79 Å². The van der Waals surface area contributed by atoms with Crippen LogP contribution in [0.4, 0.5) is 11.4 Å². The average Bonchev–Trinajstić information content (AvgIpc) is 3.08. The number of likely N-dealkylation sites (N-methyl/N-ethyl adjacent to an activating group) is 1. The number of carbonyl (C=O) groups excluding carboxylic acids is 2. The van der Waals surface area contributed by atoms with Crippen LogP contribution in [0.25, 0.3) is 11.1 Å². The molecule has 1 amide bonds. The third-order valence-electron chi connectivity index (χ3n) is 8.25. The van der Waals surface area contributed by atoms with Gasteiger partial charge in [-0.3, -0.25) is 9.69 Å². The van der Waals surface area contributed by atoms with Gasteiger partial charge in [0.25, 0.3) is 5.91 Å². The first-order valence-corrected chi connectivity index (χ1v) is 15.7. The summed E-state index contributed by atoms with van der Waals surface area (Å²) >= 11 is 0. The summed E-state index contributed by atoms with van der Waals surface area (Å²) in [5.74, 6) is -0.123. The molecule has 0 aliphatic heterocycles. The normalized spacial score (nSPS) is 16.7. The minimum Gasteiger partial charge on any atom is -0.382 e. The van der Waals surface area contributed by atoms with Crippen LogP contribution in [0.2, 0.25) is 0 Å². The molecule has 1 atom stereocenters. The van der Waals surface area contributed by atoms with Crippen molar-refractivity contribution in [1.29, 1.82) is 0 Å². The van der Waals surface area contributed by atoms with Crippen molar-refractivity contribution in [2.45, 2.75) is 57.2 Å². The number of hydrogen-bond acceptors (Lipinski definition) is 5. The Balaban J connectivity index is 0.000000818. The molecule has 4 aromatic rings. The van der Waals surface area contributed by atoms with E-state index in [9.17, 15) is 9.59 Å². The number of hydrogen-bond donors (Lipinski definition) is 3. The standard InChI is InChI=1S/C34H35N3O2.C4H11N/c1-37(33(24-38)26-12-6-3-7-13-26)30-22-20-28(21-23-30)35-27-16-18-29(19-17-27)36-34(39)32-15-9-8-14-31(32)25-10-4-2-5-11-25;1-3-4-5-2/h2-19,24,28,30,33,35H,20-23H2,1H3,(H,36,39);5H,3-4H2,1-2H3. The second-order valence-electron chi connectivity index (χ2n) is 11.4. The van der Waals surface area contributed by atoms with Crippen molar-refractivity contribution in [3.05, 3.63) is 120 Å². The average molecular weight is 591 g/mol. The summed E-state index contributed by atoms with van der Waals surface area (Å²) in [5, 5.41) is 9.72. The Kier molecular flexibility index (Phi) is 12.7. The second-order valence-corrected chi connectivity index (χ2v) is 11.4. The van der Waals surface area contributed by atoms with Gasteiger partial charge >= 0.3 is 0 Å². The molecule has 0 aromatic heterocycles. The smallest absolute Gasteiger partial charge is 0.256 e. The van der Waals surface area contributed by atoms with E-state index < -0.39 is 0 Å². The lowest BCUT2D eigenvalue weighted by molar-refractivity contribution is -0.113. The van der Waals surface area contributed by atoms with E-state index in [2.05, 4.69) is 34.8 Å². The molecule has 44 heavy (non-hydrogen) atoms. The van der Waals surface area contributed by atoms with E-state index in [4.69, 9.17) is 0 Å². The molecule has 1 aliphatic rings. The van der Waals surface area contributed by atoms with E-state index in [1.54, 1.807) is 0 Å². The van der Waals surface area contributed by atoms with Crippen LogP contribution in [0.15, 0.2) is 109 Å². The van der Waals surface area contributed by atoms with Gasteiger partial charge in [-0.2, -0.15) is 0 Å². The minimum absolute atomic E-state index is 0.123. The third kappa shape index (κ3) is 9.12. The number of anilines is 2. The van der Waals surface area contributed by atoms with Crippen LogP contribution >= 0.6 is 0 Å². The van der Waals surface area contributed by atoms with E-state index in [0.717, 1.165) is 66.6 Å². The zero-order valence-electron chi connectivity index (χ0n) is 26.2. The van der Waals surface area contributed by atoms with Crippen LogP contribution < -0.4 is 16.0 Å².